The number of nitrogens with zero attached hydrogens (tertiary/aromatic N) is 1. The quantitative estimate of drug-likeness (QED) is 0.751. The fraction of sp³-hybridized carbons (Fsp3) is 0.143. The fourth-order valence-corrected chi connectivity index (χ4v) is 1.58. The lowest BCUT2D eigenvalue weighted by Gasteiger charge is -2.08. The van der Waals surface area contributed by atoms with E-state index < -0.39 is 0 Å². The predicted molar refractivity (Wildman–Crippen MR) is 68.0 cm³/mol. The number of carbonyl (C=O) groups excluding carboxylic acids is 1. The molecule has 0 N–H and O–H groups in total. The Bertz CT molecular complexity index is 589. The summed E-state index contributed by atoms with van der Waals surface area (Å²) < 4.78 is 7.06. The highest BCUT2D eigenvalue weighted by Gasteiger charge is 1.97. The molecule has 1 aromatic heterocycles. The maximum atomic E-state index is 11.4. The third-order valence-corrected chi connectivity index (χ3v) is 2.49. The van der Waals surface area contributed by atoms with E-state index in [4.69, 9.17) is 4.74 Å². The van der Waals surface area contributed by atoms with Crippen LogP contribution in [-0.2, 0) is 6.54 Å². The van der Waals surface area contributed by atoms with Crippen molar-refractivity contribution in [2.45, 2.75) is 6.54 Å². The van der Waals surface area contributed by atoms with Gasteiger partial charge < -0.3 is 9.30 Å². The van der Waals surface area contributed by atoms with Gasteiger partial charge in [0.15, 0.2) is 0 Å². The average molecular weight is 243 g/mol. The minimum atomic E-state index is -0.0530. The molecule has 0 radical (unpaired) electrons. The molecule has 2 aromatic rings. The maximum Gasteiger partial charge on any atom is 0.250 e. The molecule has 0 aliphatic rings. The number of ether oxygens (including phenoxy) is 1. The Balaban J connectivity index is 1.94. The van der Waals surface area contributed by atoms with Gasteiger partial charge in [0.25, 0.3) is 5.56 Å². The second kappa shape index (κ2) is 5.82. The van der Waals surface area contributed by atoms with Crippen molar-refractivity contribution >= 4 is 6.29 Å². The van der Waals surface area contributed by atoms with Crippen LogP contribution in [0.25, 0.3) is 0 Å². The van der Waals surface area contributed by atoms with Gasteiger partial charge in [-0.15, -0.1) is 0 Å². The van der Waals surface area contributed by atoms with E-state index in [1.807, 2.05) is 0 Å². The van der Waals surface area contributed by atoms with Crippen LogP contribution < -0.4 is 10.3 Å². The summed E-state index contributed by atoms with van der Waals surface area (Å²) in [6, 6.07) is 11.9. The lowest BCUT2D eigenvalue weighted by Crippen LogP contribution is -2.21. The zero-order chi connectivity index (χ0) is 12.8. The van der Waals surface area contributed by atoms with E-state index in [2.05, 4.69) is 0 Å². The molecular weight excluding hydrogens is 230 g/mol. The van der Waals surface area contributed by atoms with Crippen molar-refractivity contribution in [1.82, 2.24) is 4.57 Å². The number of carbonyl (C=O) groups is 1. The van der Waals surface area contributed by atoms with Crippen LogP contribution in [0.15, 0.2) is 53.5 Å². The molecule has 0 saturated carbocycles. The monoisotopic (exact) mass is 243 g/mol. The standard InChI is InChI=1S/C14H13NO3/c16-11-12-4-3-5-13(10-12)18-9-8-15-7-2-1-6-14(15)17/h1-7,10-11H,8-9H2. The van der Waals surface area contributed by atoms with Crippen LogP contribution in [0.3, 0.4) is 0 Å². The van der Waals surface area contributed by atoms with Crippen molar-refractivity contribution < 1.29 is 9.53 Å². The molecule has 2 rings (SSSR count). The molecule has 0 amide bonds. The third kappa shape index (κ3) is 3.07. The number of hydrogen-bond acceptors (Lipinski definition) is 3. The molecule has 1 aromatic carbocycles. The highest BCUT2D eigenvalue weighted by atomic mass is 16.5. The van der Waals surface area contributed by atoms with Crippen molar-refractivity contribution in [3.8, 4) is 5.75 Å². The third-order valence-electron chi connectivity index (χ3n) is 2.49. The lowest BCUT2D eigenvalue weighted by atomic mass is 10.2. The van der Waals surface area contributed by atoms with Gasteiger partial charge in [-0.1, -0.05) is 18.2 Å². The van der Waals surface area contributed by atoms with Crippen LogP contribution in [-0.4, -0.2) is 17.5 Å². The molecule has 0 unspecified atom stereocenters. The van der Waals surface area contributed by atoms with Gasteiger partial charge in [-0.3, -0.25) is 9.59 Å². The first-order chi connectivity index (χ1) is 8.79. The summed E-state index contributed by atoms with van der Waals surface area (Å²) in [5.41, 5.74) is 0.520. The topological polar surface area (TPSA) is 48.3 Å². The molecule has 0 atom stereocenters. The molecular formula is C14H13NO3. The number of hydrogen-bond donors (Lipinski definition) is 0. The number of aldehydes is 1. The van der Waals surface area contributed by atoms with E-state index in [0.717, 1.165) is 6.29 Å². The highest BCUT2D eigenvalue weighted by molar-refractivity contribution is 5.75. The van der Waals surface area contributed by atoms with Gasteiger partial charge in [-0.2, -0.15) is 0 Å². The summed E-state index contributed by atoms with van der Waals surface area (Å²) in [7, 11) is 0. The summed E-state index contributed by atoms with van der Waals surface area (Å²) >= 11 is 0. The molecule has 0 saturated heterocycles. The van der Waals surface area contributed by atoms with E-state index in [0.29, 0.717) is 24.5 Å². The van der Waals surface area contributed by atoms with Gasteiger partial charge in [0.2, 0.25) is 0 Å². The van der Waals surface area contributed by atoms with Crippen molar-refractivity contribution in [3.63, 3.8) is 0 Å². The zero-order valence-electron chi connectivity index (χ0n) is 9.78. The van der Waals surface area contributed by atoms with Crippen LogP contribution in [0.5, 0.6) is 5.75 Å². The lowest BCUT2D eigenvalue weighted by molar-refractivity contribution is 0.112. The second-order valence-electron chi connectivity index (χ2n) is 3.77. The highest BCUT2D eigenvalue weighted by Crippen LogP contribution is 2.11. The molecule has 0 fully saturated rings. The Labute approximate surface area is 104 Å². The summed E-state index contributed by atoms with van der Waals surface area (Å²) in [4.78, 5) is 22.0. The number of rotatable bonds is 5. The number of benzene rings is 1. The van der Waals surface area contributed by atoms with Crippen LogP contribution in [0.4, 0.5) is 0 Å². The Kier molecular flexibility index (Phi) is 3.91. The molecule has 1 heterocycles. The average Bonchev–Trinajstić information content (AvgIpc) is 2.41. The number of pyridine rings is 1. The molecule has 0 aliphatic heterocycles. The van der Waals surface area contributed by atoms with Crippen molar-refractivity contribution in [2.24, 2.45) is 0 Å². The van der Waals surface area contributed by atoms with Crippen LogP contribution >= 0.6 is 0 Å². The molecule has 0 spiro atoms. The zero-order valence-corrected chi connectivity index (χ0v) is 9.78. The van der Waals surface area contributed by atoms with E-state index >= 15 is 0 Å². The minimum Gasteiger partial charge on any atom is -0.492 e. The van der Waals surface area contributed by atoms with Gasteiger partial charge >= 0.3 is 0 Å². The summed E-state index contributed by atoms with van der Waals surface area (Å²) in [6.07, 6.45) is 2.49. The smallest absolute Gasteiger partial charge is 0.250 e. The van der Waals surface area contributed by atoms with Crippen molar-refractivity contribution in [2.75, 3.05) is 6.61 Å². The van der Waals surface area contributed by atoms with Crippen LogP contribution in [0, 0.1) is 0 Å². The maximum absolute atomic E-state index is 11.4. The SMILES string of the molecule is O=Cc1cccc(OCCn2ccccc2=O)c1. The normalized spacial score (nSPS) is 10.0. The predicted octanol–water partition coefficient (Wildman–Crippen LogP) is 1.74. The van der Waals surface area contributed by atoms with E-state index in [1.54, 1.807) is 47.2 Å². The summed E-state index contributed by atoms with van der Waals surface area (Å²) in [5, 5.41) is 0. The molecule has 92 valence electrons. The molecule has 4 nitrogen and oxygen atoms in total. The van der Waals surface area contributed by atoms with Gasteiger partial charge in [0.1, 0.15) is 18.6 Å². The largest absolute Gasteiger partial charge is 0.492 e. The first-order valence-corrected chi connectivity index (χ1v) is 5.63. The Morgan fingerprint density at radius 3 is 2.83 bits per heavy atom. The first-order valence-electron chi connectivity index (χ1n) is 5.63. The minimum absolute atomic E-state index is 0.0530. The molecule has 18 heavy (non-hydrogen) atoms. The molecule has 0 aliphatic carbocycles. The summed E-state index contributed by atoms with van der Waals surface area (Å²) in [5.74, 6) is 0.628. The fourth-order valence-electron chi connectivity index (χ4n) is 1.58. The molecule has 0 bridgehead atoms. The van der Waals surface area contributed by atoms with Gasteiger partial charge in [0.05, 0.1) is 6.54 Å². The number of aromatic nitrogens is 1. The van der Waals surface area contributed by atoms with Crippen LogP contribution in [0.1, 0.15) is 10.4 Å². The van der Waals surface area contributed by atoms with Gasteiger partial charge in [0, 0.05) is 17.8 Å². The van der Waals surface area contributed by atoms with Crippen molar-refractivity contribution in [3.05, 3.63) is 64.6 Å². The molecule has 4 heteroatoms. The first kappa shape index (κ1) is 12.1. The van der Waals surface area contributed by atoms with E-state index in [-0.39, 0.29) is 5.56 Å². The summed E-state index contributed by atoms with van der Waals surface area (Å²) in [6.45, 7) is 0.858. The van der Waals surface area contributed by atoms with Crippen molar-refractivity contribution in [1.29, 1.82) is 0 Å². The second-order valence-corrected chi connectivity index (χ2v) is 3.77. The van der Waals surface area contributed by atoms with Gasteiger partial charge in [-0.05, 0) is 18.2 Å². The Morgan fingerprint density at radius 1 is 1.17 bits per heavy atom. The van der Waals surface area contributed by atoms with E-state index in [1.165, 1.54) is 6.07 Å². The van der Waals surface area contributed by atoms with Gasteiger partial charge in [-0.25, -0.2) is 0 Å². The Hall–Kier alpha value is -2.36. The Morgan fingerprint density at radius 2 is 2.06 bits per heavy atom. The van der Waals surface area contributed by atoms with Crippen LogP contribution in [0.2, 0.25) is 0 Å². The van der Waals surface area contributed by atoms with E-state index in [9.17, 15) is 9.59 Å².